The van der Waals surface area contributed by atoms with Crippen LogP contribution in [0.4, 0.5) is 0 Å². The minimum atomic E-state index is 0.596. The van der Waals surface area contributed by atoms with Crippen LogP contribution in [0.5, 0.6) is 0 Å². The van der Waals surface area contributed by atoms with Gasteiger partial charge in [0.05, 0.1) is 0 Å². The first-order valence-corrected chi connectivity index (χ1v) is 5.01. The number of nitrogens with zero attached hydrogens (tertiary/aromatic N) is 1. The second kappa shape index (κ2) is 7.25. The summed E-state index contributed by atoms with van der Waals surface area (Å²) in [5.41, 5.74) is 2.59. The molecule has 2 heteroatoms. The van der Waals surface area contributed by atoms with Gasteiger partial charge in [0.15, 0.2) is 0 Å². The standard InChI is InChI=1S/C12H20N2/c1-5-6-7-12(11(4)13)8-9-14-10(2)3/h7-9,13H,5-6H2,1-4H3/b9-8-,12-7+,13-11?. The van der Waals surface area contributed by atoms with Crippen LogP contribution in [0.25, 0.3) is 0 Å². The van der Waals surface area contributed by atoms with Crippen LogP contribution in [-0.4, -0.2) is 11.4 Å². The summed E-state index contributed by atoms with van der Waals surface area (Å²) in [6, 6.07) is 0. The molecule has 14 heavy (non-hydrogen) atoms. The molecule has 0 unspecified atom stereocenters. The summed E-state index contributed by atoms with van der Waals surface area (Å²) in [6.45, 7) is 7.84. The summed E-state index contributed by atoms with van der Waals surface area (Å²) in [7, 11) is 0. The number of unbranched alkanes of at least 4 members (excludes halogenated alkanes) is 1. The van der Waals surface area contributed by atoms with Crippen LogP contribution in [0.1, 0.15) is 40.5 Å². The van der Waals surface area contributed by atoms with E-state index in [-0.39, 0.29) is 0 Å². The van der Waals surface area contributed by atoms with Crippen molar-refractivity contribution in [1.29, 1.82) is 5.41 Å². The molecule has 0 saturated carbocycles. The molecular weight excluding hydrogens is 172 g/mol. The summed E-state index contributed by atoms with van der Waals surface area (Å²) < 4.78 is 0. The van der Waals surface area contributed by atoms with E-state index in [1.165, 1.54) is 0 Å². The molecule has 0 aromatic rings. The molecule has 0 aromatic heterocycles. The van der Waals surface area contributed by atoms with Crippen LogP contribution in [0.2, 0.25) is 0 Å². The van der Waals surface area contributed by atoms with Gasteiger partial charge in [-0.1, -0.05) is 19.4 Å². The predicted octanol–water partition coefficient (Wildman–Crippen LogP) is 3.75. The zero-order chi connectivity index (χ0) is 11.0. The third-order valence-electron chi connectivity index (χ3n) is 1.67. The van der Waals surface area contributed by atoms with Gasteiger partial charge < -0.3 is 5.41 Å². The van der Waals surface area contributed by atoms with E-state index in [4.69, 9.17) is 5.41 Å². The Balaban J connectivity index is 4.46. The summed E-state index contributed by atoms with van der Waals surface area (Å²) in [5.74, 6) is 0. The van der Waals surface area contributed by atoms with Gasteiger partial charge in [-0.25, -0.2) is 0 Å². The van der Waals surface area contributed by atoms with E-state index in [0.29, 0.717) is 5.71 Å². The Bertz CT molecular complexity index is 266. The lowest BCUT2D eigenvalue weighted by Gasteiger charge is -1.97. The molecule has 0 aliphatic carbocycles. The lowest BCUT2D eigenvalue weighted by atomic mass is 10.1. The van der Waals surface area contributed by atoms with E-state index in [0.717, 1.165) is 24.1 Å². The number of hydrogen-bond donors (Lipinski definition) is 1. The van der Waals surface area contributed by atoms with Crippen molar-refractivity contribution in [2.45, 2.75) is 40.5 Å². The fourth-order valence-electron chi connectivity index (χ4n) is 0.913. The minimum Gasteiger partial charge on any atom is -0.305 e. The van der Waals surface area contributed by atoms with Crippen LogP contribution in [0.15, 0.2) is 28.9 Å². The lowest BCUT2D eigenvalue weighted by Crippen LogP contribution is -1.91. The average molecular weight is 192 g/mol. The van der Waals surface area contributed by atoms with Gasteiger partial charge in [0.25, 0.3) is 0 Å². The first-order chi connectivity index (χ1) is 6.57. The van der Waals surface area contributed by atoms with Crippen LogP contribution >= 0.6 is 0 Å². The Morgan fingerprint density at radius 2 is 1.93 bits per heavy atom. The number of allylic oxidation sites excluding steroid dienone is 3. The fourth-order valence-corrected chi connectivity index (χ4v) is 0.913. The zero-order valence-corrected chi connectivity index (χ0v) is 9.59. The molecule has 0 saturated heterocycles. The number of nitrogens with one attached hydrogen (secondary N) is 1. The van der Waals surface area contributed by atoms with E-state index in [1.54, 1.807) is 13.1 Å². The monoisotopic (exact) mass is 192 g/mol. The normalized spacial score (nSPS) is 11.9. The molecule has 0 rings (SSSR count). The Hall–Kier alpha value is -1.18. The first-order valence-electron chi connectivity index (χ1n) is 5.01. The molecular formula is C12H20N2. The van der Waals surface area contributed by atoms with Crippen molar-refractivity contribution in [3.8, 4) is 0 Å². The van der Waals surface area contributed by atoms with Crippen molar-refractivity contribution in [1.82, 2.24) is 0 Å². The van der Waals surface area contributed by atoms with Crippen molar-refractivity contribution in [3.05, 3.63) is 23.9 Å². The van der Waals surface area contributed by atoms with Gasteiger partial charge >= 0.3 is 0 Å². The van der Waals surface area contributed by atoms with E-state index < -0.39 is 0 Å². The van der Waals surface area contributed by atoms with Crippen LogP contribution in [0, 0.1) is 5.41 Å². The quantitative estimate of drug-likeness (QED) is 0.509. The van der Waals surface area contributed by atoms with Gasteiger partial charge in [0.1, 0.15) is 0 Å². The Morgan fingerprint density at radius 3 is 2.36 bits per heavy atom. The maximum absolute atomic E-state index is 7.55. The smallest absolute Gasteiger partial charge is 0.0352 e. The predicted molar refractivity (Wildman–Crippen MR) is 64.3 cm³/mol. The van der Waals surface area contributed by atoms with Crippen LogP contribution in [0.3, 0.4) is 0 Å². The van der Waals surface area contributed by atoms with Gasteiger partial charge in [-0.05, 0) is 38.8 Å². The highest BCUT2D eigenvalue weighted by molar-refractivity contribution is 5.98. The highest BCUT2D eigenvalue weighted by Gasteiger charge is 1.93. The van der Waals surface area contributed by atoms with Gasteiger partial charge in [-0.15, -0.1) is 0 Å². The van der Waals surface area contributed by atoms with Crippen molar-refractivity contribution >= 4 is 11.4 Å². The second-order valence-corrected chi connectivity index (χ2v) is 3.47. The molecule has 0 radical (unpaired) electrons. The van der Waals surface area contributed by atoms with E-state index in [1.807, 2.05) is 19.9 Å². The largest absolute Gasteiger partial charge is 0.305 e. The second-order valence-electron chi connectivity index (χ2n) is 3.47. The topological polar surface area (TPSA) is 36.2 Å². The van der Waals surface area contributed by atoms with Crippen LogP contribution in [-0.2, 0) is 0 Å². The third-order valence-corrected chi connectivity index (χ3v) is 1.67. The molecule has 0 aromatic carbocycles. The van der Waals surface area contributed by atoms with E-state index in [2.05, 4.69) is 18.0 Å². The summed E-state index contributed by atoms with van der Waals surface area (Å²) in [6.07, 6.45) is 7.87. The Labute approximate surface area is 87.0 Å². The highest BCUT2D eigenvalue weighted by Crippen LogP contribution is 2.03. The van der Waals surface area contributed by atoms with Crippen LogP contribution < -0.4 is 0 Å². The SMILES string of the molecule is CCC/C=C(\C=C/N=C(C)C)C(C)=N. The fraction of sp³-hybridized carbons (Fsp3) is 0.500. The van der Waals surface area contributed by atoms with E-state index in [9.17, 15) is 0 Å². The maximum Gasteiger partial charge on any atom is 0.0352 e. The van der Waals surface area contributed by atoms with Gasteiger partial charge in [0.2, 0.25) is 0 Å². The molecule has 78 valence electrons. The lowest BCUT2D eigenvalue weighted by molar-refractivity contribution is 0.956. The van der Waals surface area contributed by atoms with Gasteiger partial charge in [0, 0.05) is 17.6 Å². The number of hydrogen-bond acceptors (Lipinski definition) is 2. The molecule has 0 aliphatic rings. The Kier molecular flexibility index (Phi) is 6.63. The maximum atomic E-state index is 7.55. The van der Waals surface area contributed by atoms with Gasteiger partial charge in [-0.2, -0.15) is 0 Å². The van der Waals surface area contributed by atoms with Crippen molar-refractivity contribution < 1.29 is 0 Å². The summed E-state index contributed by atoms with van der Waals surface area (Å²) in [4.78, 5) is 4.15. The van der Waals surface area contributed by atoms with E-state index >= 15 is 0 Å². The van der Waals surface area contributed by atoms with Gasteiger partial charge in [-0.3, -0.25) is 4.99 Å². The van der Waals surface area contributed by atoms with Crippen molar-refractivity contribution in [2.24, 2.45) is 4.99 Å². The number of rotatable bonds is 5. The zero-order valence-electron chi connectivity index (χ0n) is 9.59. The average Bonchev–Trinajstić information content (AvgIpc) is 2.09. The summed E-state index contributed by atoms with van der Waals surface area (Å²) >= 11 is 0. The highest BCUT2D eigenvalue weighted by atomic mass is 14.7. The number of aliphatic imine (C=N–C) groups is 1. The third kappa shape index (κ3) is 6.35. The molecule has 0 amide bonds. The molecule has 2 nitrogen and oxygen atoms in total. The van der Waals surface area contributed by atoms with Crippen molar-refractivity contribution in [2.75, 3.05) is 0 Å². The molecule has 0 fully saturated rings. The molecule has 0 aliphatic heterocycles. The molecule has 0 heterocycles. The molecule has 0 spiro atoms. The molecule has 0 atom stereocenters. The van der Waals surface area contributed by atoms with Crippen molar-refractivity contribution in [3.63, 3.8) is 0 Å². The Morgan fingerprint density at radius 1 is 1.29 bits per heavy atom. The molecule has 0 bridgehead atoms. The summed E-state index contributed by atoms with van der Waals surface area (Å²) in [5, 5.41) is 7.55. The molecule has 1 N–H and O–H groups in total. The first kappa shape index (κ1) is 12.8. The minimum absolute atomic E-state index is 0.596.